The van der Waals surface area contributed by atoms with Crippen LogP contribution in [-0.4, -0.2) is 0 Å². The Balaban J connectivity index is 2.55. The molecule has 2 nitrogen and oxygen atoms in total. The largest absolute Gasteiger partial charge is 0.399 e. The summed E-state index contributed by atoms with van der Waals surface area (Å²) in [6.07, 6.45) is 4.34. The van der Waals surface area contributed by atoms with Crippen molar-refractivity contribution < 1.29 is 0 Å². The molecule has 0 aliphatic heterocycles. The zero-order valence-electron chi connectivity index (χ0n) is 12.4. The lowest BCUT2D eigenvalue weighted by atomic mass is 9.91. The highest BCUT2D eigenvalue weighted by Gasteiger charge is 2.10. The monoisotopic (exact) mass is 268 g/mol. The van der Waals surface area contributed by atoms with Crippen molar-refractivity contribution in [3.8, 4) is 11.1 Å². The Hall–Kier alpha value is -1.96. The highest BCUT2D eigenvalue weighted by atomic mass is 14.5. The van der Waals surface area contributed by atoms with E-state index in [1.807, 2.05) is 12.1 Å². The summed E-state index contributed by atoms with van der Waals surface area (Å²) in [4.78, 5) is 0. The van der Waals surface area contributed by atoms with Crippen LogP contribution in [0.5, 0.6) is 0 Å². The zero-order chi connectivity index (χ0) is 14.5. The van der Waals surface area contributed by atoms with E-state index in [1.54, 1.807) is 0 Å². The van der Waals surface area contributed by atoms with Crippen molar-refractivity contribution in [2.45, 2.75) is 39.5 Å². The lowest BCUT2D eigenvalue weighted by Gasteiger charge is -2.15. The molecule has 0 fully saturated rings. The highest BCUT2D eigenvalue weighted by Crippen LogP contribution is 2.31. The molecule has 4 N–H and O–H groups in total. The zero-order valence-corrected chi connectivity index (χ0v) is 12.4. The molecule has 0 aromatic heterocycles. The van der Waals surface area contributed by atoms with Crippen molar-refractivity contribution in [2.24, 2.45) is 0 Å². The van der Waals surface area contributed by atoms with Gasteiger partial charge in [-0.05, 0) is 59.4 Å². The van der Waals surface area contributed by atoms with Gasteiger partial charge in [0.15, 0.2) is 0 Å². The van der Waals surface area contributed by atoms with Crippen LogP contribution in [0.15, 0.2) is 36.4 Å². The molecular weight excluding hydrogens is 244 g/mol. The van der Waals surface area contributed by atoms with Gasteiger partial charge in [0.2, 0.25) is 0 Å². The van der Waals surface area contributed by atoms with Crippen LogP contribution in [0.2, 0.25) is 0 Å². The Morgan fingerprint density at radius 1 is 0.700 bits per heavy atom. The Morgan fingerprint density at radius 3 is 1.45 bits per heavy atom. The number of benzene rings is 2. The van der Waals surface area contributed by atoms with E-state index in [-0.39, 0.29) is 0 Å². The third-order valence-electron chi connectivity index (χ3n) is 3.59. The molecule has 0 saturated heterocycles. The molecule has 2 heteroatoms. The smallest absolute Gasteiger partial charge is 0.0317 e. The molecular formula is C18H24N2. The van der Waals surface area contributed by atoms with Crippen LogP contribution in [0.4, 0.5) is 11.4 Å². The summed E-state index contributed by atoms with van der Waals surface area (Å²) in [6, 6.07) is 12.5. The molecule has 0 bridgehead atoms. The van der Waals surface area contributed by atoms with Crippen molar-refractivity contribution in [1.82, 2.24) is 0 Å². The van der Waals surface area contributed by atoms with Crippen molar-refractivity contribution in [3.05, 3.63) is 47.5 Å². The molecule has 2 aromatic rings. The lowest BCUT2D eigenvalue weighted by Crippen LogP contribution is -1.98. The first-order valence-corrected chi connectivity index (χ1v) is 7.42. The predicted molar refractivity (Wildman–Crippen MR) is 88.7 cm³/mol. The van der Waals surface area contributed by atoms with E-state index in [9.17, 15) is 0 Å². The van der Waals surface area contributed by atoms with Crippen molar-refractivity contribution in [3.63, 3.8) is 0 Å². The molecule has 0 atom stereocenters. The van der Waals surface area contributed by atoms with Crippen LogP contribution in [0, 0.1) is 0 Å². The summed E-state index contributed by atoms with van der Waals surface area (Å²) < 4.78 is 0. The Bertz CT molecular complexity index is 534. The highest BCUT2D eigenvalue weighted by molar-refractivity contribution is 5.74. The van der Waals surface area contributed by atoms with Gasteiger partial charge in [-0.1, -0.05) is 38.8 Å². The van der Waals surface area contributed by atoms with Crippen LogP contribution < -0.4 is 11.5 Å². The topological polar surface area (TPSA) is 52.0 Å². The van der Waals surface area contributed by atoms with Gasteiger partial charge in [0, 0.05) is 11.4 Å². The Labute approximate surface area is 121 Å². The normalized spacial score (nSPS) is 10.7. The second kappa shape index (κ2) is 6.47. The second-order valence-corrected chi connectivity index (χ2v) is 5.33. The molecule has 0 saturated carbocycles. The molecule has 20 heavy (non-hydrogen) atoms. The fourth-order valence-corrected chi connectivity index (χ4v) is 2.71. The molecule has 0 radical (unpaired) electrons. The number of aryl methyl sites for hydroxylation is 2. The molecule has 0 aliphatic carbocycles. The molecule has 0 spiro atoms. The summed E-state index contributed by atoms with van der Waals surface area (Å²) in [5, 5.41) is 0. The quantitative estimate of drug-likeness (QED) is 0.788. The van der Waals surface area contributed by atoms with Gasteiger partial charge in [-0.25, -0.2) is 0 Å². The summed E-state index contributed by atoms with van der Waals surface area (Å²) in [6.45, 7) is 4.39. The van der Waals surface area contributed by atoms with Crippen LogP contribution in [0.3, 0.4) is 0 Å². The second-order valence-electron chi connectivity index (χ2n) is 5.33. The van der Waals surface area contributed by atoms with Crippen LogP contribution in [-0.2, 0) is 12.8 Å². The third kappa shape index (κ3) is 3.13. The maximum Gasteiger partial charge on any atom is 0.0317 e. The lowest BCUT2D eigenvalue weighted by molar-refractivity contribution is 0.914. The summed E-state index contributed by atoms with van der Waals surface area (Å²) in [5.41, 5.74) is 18.8. The fraction of sp³-hybridized carbons (Fsp3) is 0.333. The van der Waals surface area contributed by atoms with Gasteiger partial charge >= 0.3 is 0 Å². The molecule has 106 valence electrons. The van der Waals surface area contributed by atoms with Gasteiger partial charge in [-0.15, -0.1) is 0 Å². The first-order valence-electron chi connectivity index (χ1n) is 7.42. The number of nitrogen functional groups attached to an aromatic ring is 2. The van der Waals surface area contributed by atoms with Crippen LogP contribution >= 0.6 is 0 Å². The van der Waals surface area contributed by atoms with E-state index in [0.29, 0.717) is 0 Å². The van der Waals surface area contributed by atoms with E-state index >= 15 is 0 Å². The molecule has 0 aliphatic rings. The van der Waals surface area contributed by atoms with Crippen molar-refractivity contribution >= 4 is 11.4 Å². The summed E-state index contributed by atoms with van der Waals surface area (Å²) in [5.74, 6) is 0. The van der Waals surface area contributed by atoms with E-state index in [1.165, 1.54) is 22.3 Å². The van der Waals surface area contributed by atoms with Crippen LogP contribution in [0.1, 0.15) is 37.8 Å². The number of hydrogen-bond acceptors (Lipinski definition) is 2. The minimum atomic E-state index is 0.838. The molecule has 0 unspecified atom stereocenters. The molecule has 2 aromatic carbocycles. The van der Waals surface area contributed by atoms with Gasteiger partial charge in [0.05, 0.1) is 0 Å². The van der Waals surface area contributed by atoms with E-state index in [0.717, 1.165) is 37.1 Å². The predicted octanol–water partition coefficient (Wildman–Crippen LogP) is 4.42. The minimum Gasteiger partial charge on any atom is -0.399 e. The number of nitrogens with two attached hydrogens (primary N) is 2. The Kier molecular flexibility index (Phi) is 4.67. The van der Waals surface area contributed by atoms with E-state index in [2.05, 4.69) is 38.1 Å². The first-order chi connectivity index (χ1) is 9.65. The third-order valence-corrected chi connectivity index (χ3v) is 3.59. The van der Waals surface area contributed by atoms with E-state index < -0.39 is 0 Å². The number of anilines is 2. The number of rotatable bonds is 5. The molecule has 2 rings (SSSR count). The summed E-state index contributed by atoms with van der Waals surface area (Å²) >= 11 is 0. The van der Waals surface area contributed by atoms with Crippen molar-refractivity contribution in [2.75, 3.05) is 11.5 Å². The maximum atomic E-state index is 5.94. The average molecular weight is 268 g/mol. The van der Waals surface area contributed by atoms with Gasteiger partial charge in [0.25, 0.3) is 0 Å². The Morgan fingerprint density at radius 2 is 1.10 bits per heavy atom. The minimum absolute atomic E-state index is 0.838. The summed E-state index contributed by atoms with van der Waals surface area (Å²) in [7, 11) is 0. The van der Waals surface area contributed by atoms with Gasteiger partial charge < -0.3 is 11.5 Å². The van der Waals surface area contributed by atoms with E-state index in [4.69, 9.17) is 11.5 Å². The van der Waals surface area contributed by atoms with Crippen molar-refractivity contribution in [1.29, 1.82) is 0 Å². The standard InChI is InChI=1S/C18H24N2/c1-3-5-13-11-15(19)7-9-17(13)18-10-8-16(20)12-14(18)6-4-2/h7-12H,3-6,19-20H2,1-2H3. The maximum absolute atomic E-state index is 5.94. The average Bonchev–Trinajstić information content (AvgIpc) is 2.41. The first kappa shape index (κ1) is 14.4. The van der Waals surface area contributed by atoms with Crippen LogP contribution in [0.25, 0.3) is 11.1 Å². The number of hydrogen-bond donors (Lipinski definition) is 2. The van der Waals surface area contributed by atoms with Gasteiger partial charge in [-0.3, -0.25) is 0 Å². The molecule has 0 amide bonds. The van der Waals surface area contributed by atoms with Gasteiger partial charge in [0.1, 0.15) is 0 Å². The molecule has 0 heterocycles. The SMILES string of the molecule is CCCc1cc(N)ccc1-c1ccc(N)cc1CCC. The fourth-order valence-electron chi connectivity index (χ4n) is 2.71. The van der Waals surface area contributed by atoms with Gasteiger partial charge in [-0.2, -0.15) is 0 Å².